The summed E-state index contributed by atoms with van der Waals surface area (Å²) in [5.41, 5.74) is 7.29. The van der Waals surface area contributed by atoms with Crippen molar-refractivity contribution in [2.24, 2.45) is 5.73 Å². The van der Waals surface area contributed by atoms with E-state index >= 15 is 0 Å². The lowest BCUT2D eigenvalue weighted by Gasteiger charge is -2.21. The maximum absolute atomic E-state index is 8.96. The molecule has 4 nitrogen and oxygen atoms in total. The Morgan fingerprint density at radius 2 is 2.25 bits per heavy atom. The molecule has 0 atom stereocenters. The maximum Gasteiger partial charge on any atom is 0.129 e. The van der Waals surface area contributed by atoms with Crippen molar-refractivity contribution in [2.45, 2.75) is 13.8 Å². The Kier molecular flexibility index (Phi) is 4.64. The highest BCUT2D eigenvalue weighted by Crippen LogP contribution is 2.14. The summed E-state index contributed by atoms with van der Waals surface area (Å²) in [7, 11) is 0. The Morgan fingerprint density at radius 1 is 1.56 bits per heavy atom. The van der Waals surface area contributed by atoms with Crippen molar-refractivity contribution in [3.63, 3.8) is 0 Å². The Labute approximate surface area is 101 Å². The molecule has 5 heteroatoms. The molecule has 88 valence electrons. The molecule has 1 heterocycles. The molecule has 0 aliphatic carbocycles. The van der Waals surface area contributed by atoms with E-state index in [9.17, 15) is 0 Å². The largest absolute Gasteiger partial charge is 0.395 e. The zero-order valence-corrected chi connectivity index (χ0v) is 10.4. The smallest absolute Gasteiger partial charge is 0.129 e. The van der Waals surface area contributed by atoms with Gasteiger partial charge < -0.3 is 15.7 Å². The number of nitrogens with zero attached hydrogens (tertiary/aromatic N) is 2. The Hall–Kier alpha value is -1.20. The highest BCUT2D eigenvalue weighted by atomic mass is 32.1. The third-order valence-corrected chi connectivity index (χ3v) is 2.54. The van der Waals surface area contributed by atoms with Crippen LogP contribution in [0.5, 0.6) is 0 Å². The molecule has 1 aromatic heterocycles. The Balaban J connectivity index is 3.07. The molecule has 0 fully saturated rings. The van der Waals surface area contributed by atoms with E-state index in [2.05, 4.69) is 4.98 Å². The summed E-state index contributed by atoms with van der Waals surface area (Å²) >= 11 is 4.95. The molecule has 1 aromatic rings. The predicted octanol–water partition coefficient (Wildman–Crippen LogP) is 0.843. The summed E-state index contributed by atoms with van der Waals surface area (Å²) in [5, 5.41) is 8.96. The molecule has 0 aliphatic rings. The molecule has 0 saturated carbocycles. The first-order valence-corrected chi connectivity index (χ1v) is 5.63. The van der Waals surface area contributed by atoms with Crippen molar-refractivity contribution in [2.75, 3.05) is 24.6 Å². The number of hydrogen-bond acceptors (Lipinski definition) is 4. The molecule has 0 radical (unpaired) electrons. The van der Waals surface area contributed by atoms with Crippen LogP contribution in [0.1, 0.15) is 18.2 Å². The number of aliphatic hydroxyl groups is 1. The normalized spacial score (nSPS) is 10.2. The molecule has 0 aromatic carbocycles. The van der Waals surface area contributed by atoms with E-state index < -0.39 is 0 Å². The molecule has 0 aliphatic heterocycles. The average Bonchev–Trinajstić information content (AvgIpc) is 2.24. The lowest BCUT2D eigenvalue weighted by molar-refractivity contribution is 0.302. The number of aromatic nitrogens is 1. The van der Waals surface area contributed by atoms with Crippen LogP contribution in [0.25, 0.3) is 0 Å². The van der Waals surface area contributed by atoms with E-state index in [1.54, 1.807) is 0 Å². The first kappa shape index (κ1) is 12.9. The summed E-state index contributed by atoms with van der Waals surface area (Å²) in [6.07, 6.45) is 0. The summed E-state index contributed by atoms with van der Waals surface area (Å²) < 4.78 is 0. The minimum atomic E-state index is 0.103. The zero-order chi connectivity index (χ0) is 12.1. The summed E-state index contributed by atoms with van der Waals surface area (Å²) in [5.74, 6) is 0.805. The van der Waals surface area contributed by atoms with Gasteiger partial charge in [-0.05, 0) is 26.0 Å². The van der Waals surface area contributed by atoms with Crippen LogP contribution < -0.4 is 10.6 Å². The first-order chi connectivity index (χ1) is 7.58. The number of pyridine rings is 1. The molecule has 0 saturated heterocycles. The maximum atomic E-state index is 8.96. The van der Waals surface area contributed by atoms with E-state index in [0.29, 0.717) is 11.5 Å². The predicted molar refractivity (Wildman–Crippen MR) is 69.8 cm³/mol. The van der Waals surface area contributed by atoms with Gasteiger partial charge in [0, 0.05) is 24.3 Å². The summed E-state index contributed by atoms with van der Waals surface area (Å²) in [6, 6.07) is 3.72. The third-order valence-electron chi connectivity index (χ3n) is 2.30. The SMILES string of the molecule is CCN(CCO)c1cc(C(N)=S)cc(C)n1. The second-order valence-corrected chi connectivity index (χ2v) is 3.96. The van der Waals surface area contributed by atoms with Gasteiger partial charge in [0.2, 0.25) is 0 Å². The van der Waals surface area contributed by atoms with Gasteiger partial charge in [-0.25, -0.2) is 4.98 Å². The van der Waals surface area contributed by atoms with Gasteiger partial charge in [-0.1, -0.05) is 12.2 Å². The fraction of sp³-hybridized carbons (Fsp3) is 0.455. The highest BCUT2D eigenvalue weighted by Gasteiger charge is 2.08. The fourth-order valence-electron chi connectivity index (χ4n) is 1.51. The van der Waals surface area contributed by atoms with Crippen molar-refractivity contribution in [3.05, 3.63) is 23.4 Å². The van der Waals surface area contributed by atoms with Gasteiger partial charge in [0.05, 0.1) is 6.61 Å². The van der Waals surface area contributed by atoms with Crippen molar-refractivity contribution >= 4 is 23.0 Å². The van der Waals surface area contributed by atoms with Crippen LogP contribution in [0.3, 0.4) is 0 Å². The fourth-order valence-corrected chi connectivity index (χ4v) is 1.63. The standard InChI is InChI=1S/C11H17N3OS/c1-3-14(4-5-15)10-7-9(11(12)16)6-8(2)13-10/h6-7,15H,3-5H2,1-2H3,(H2,12,16). The van der Waals surface area contributed by atoms with E-state index in [-0.39, 0.29) is 6.61 Å². The van der Waals surface area contributed by atoms with E-state index in [4.69, 9.17) is 23.1 Å². The molecular weight excluding hydrogens is 222 g/mol. The number of thiocarbonyl (C=S) groups is 1. The number of aliphatic hydroxyl groups excluding tert-OH is 1. The van der Waals surface area contributed by atoms with E-state index in [0.717, 1.165) is 23.6 Å². The molecule has 0 unspecified atom stereocenters. The lowest BCUT2D eigenvalue weighted by atomic mass is 10.2. The van der Waals surface area contributed by atoms with Crippen LogP contribution in [0.4, 0.5) is 5.82 Å². The van der Waals surface area contributed by atoms with Crippen LogP contribution in [0, 0.1) is 6.92 Å². The van der Waals surface area contributed by atoms with Gasteiger partial charge in [-0.15, -0.1) is 0 Å². The average molecular weight is 239 g/mol. The first-order valence-electron chi connectivity index (χ1n) is 5.22. The molecule has 0 bridgehead atoms. The molecule has 1 rings (SSSR count). The molecule has 3 N–H and O–H groups in total. The van der Waals surface area contributed by atoms with Gasteiger partial charge in [0.15, 0.2) is 0 Å². The second-order valence-electron chi connectivity index (χ2n) is 3.52. The highest BCUT2D eigenvalue weighted by molar-refractivity contribution is 7.80. The molecule has 0 spiro atoms. The van der Waals surface area contributed by atoms with Crippen molar-refractivity contribution in [1.29, 1.82) is 0 Å². The number of anilines is 1. The van der Waals surface area contributed by atoms with Crippen LogP contribution in [0.2, 0.25) is 0 Å². The van der Waals surface area contributed by atoms with Crippen molar-refractivity contribution < 1.29 is 5.11 Å². The van der Waals surface area contributed by atoms with Gasteiger partial charge in [-0.2, -0.15) is 0 Å². The summed E-state index contributed by atoms with van der Waals surface area (Å²) in [6.45, 7) is 5.36. The monoisotopic (exact) mass is 239 g/mol. The minimum Gasteiger partial charge on any atom is -0.395 e. The van der Waals surface area contributed by atoms with Crippen molar-refractivity contribution in [3.8, 4) is 0 Å². The Morgan fingerprint density at radius 3 is 2.75 bits per heavy atom. The van der Waals surface area contributed by atoms with Crippen LogP contribution in [0.15, 0.2) is 12.1 Å². The number of likely N-dealkylation sites (N-methyl/N-ethyl adjacent to an activating group) is 1. The summed E-state index contributed by atoms with van der Waals surface area (Å²) in [4.78, 5) is 6.75. The minimum absolute atomic E-state index is 0.103. The van der Waals surface area contributed by atoms with Crippen LogP contribution in [-0.4, -0.2) is 34.8 Å². The number of aryl methyl sites for hydroxylation is 1. The van der Waals surface area contributed by atoms with Gasteiger partial charge in [-0.3, -0.25) is 0 Å². The van der Waals surface area contributed by atoms with Gasteiger partial charge >= 0.3 is 0 Å². The van der Waals surface area contributed by atoms with Crippen molar-refractivity contribution in [1.82, 2.24) is 4.98 Å². The third kappa shape index (κ3) is 3.15. The topological polar surface area (TPSA) is 62.4 Å². The molecule has 16 heavy (non-hydrogen) atoms. The van der Waals surface area contributed by atoms with Crippen LogP contribution >= 0.6 is 12.2 Å². The molecular formula is C11H17N3OS. The van der Waals surface area contributed by atoms with Gasteiger partial charge in [0.25, 0.3) is 0 Å². The number of rotatable bonds is 5. The van der Waals surface area contributed by atoms with Crippen LogP contribution in [-0.2, 0) is 0 Å². The number of nitrogens with two attached hydrogens (primary N) is 1. The number of hydrogen-bond donors (Lipinski definition) is 2. The quantitative estimate of drug-likeness (QED) is 0.746. The second kappa shape index (κ2) is 5.77. The van der Waals surface area contributed by atoms with E-state index in [1.165, 1.54) is 0 Å². The zero-order valence-electron chi connectivity index (χ0n) is 9.60. The molecule has 0 amide bonds. The lowest BCUT2D eigenvalue weighted by Crippen LogP contribution is -2.27. The Bertz CT molecular complexity index is 381. The van der Waals surface area contributed by atoms with E-state index in [1.807, 2.05) is 30.9 Å². The van der Waals surface area contributed by atoms with Gasteiger partial charge in [0.1, 0.15) is 10.8 Å².